The molecule has 1 unspecified atom stereocenters. The third-order valence-corrected chi connectivity index (χ3v) is 3.53. The van der Waals surface area contributed by atoms with Crippen molar-refractivity contribution in [1.29, 1.82) is 0 Å². The van der Waals surface area contributed by atoms with Crippen LogP contribution in [-0.4, -0.2) is 47.7 Å². The first-order valence-corrected chi connectivity index (χ1v) is 6.50. The minimum absolute atomic E-state index is 0. The summed E-state index contributed by atoms with van der Waals surface area (Å²) in [5, 5.41) is 2.35. The molecule has 1 aromatic rings. The van der Waals surface area contributed by atoms with Crippen molar-refractivity contribution in [2.45, 2.75) is 19.0 Å². The number of carbonyl (C=O) groups excluding carboxylic acids is 2. The minimum atomic E-state index is -0.475. The standard InChI is InChI=1S/C14H16N4O2.HI/c1-17(2)14-15-10-6-4-3-5-9(10)8-18(14)11-7-12(19)16-13(11)20;/h3-6,11H,7-8H2,1-2H3,(H,16,19,20);1H. The van der Waals surface area contributed by atoms with E-state index in [1.165, 1.54) is 0 Å². The summed E-state index contributed by atoms with van der Waals surface area (Å²) in [6.45, 7) is 0.582. The maximum absolute atomic E-state index is 11.9. The molecule has 1 N–H and O–H groups in total. The molecule has 2 heterocycles. The predicted molar refractivity (Wildman–Crippen MR) is 89.7 cm³/mol. The van der Waals surface area contributed by atoms with Gasteiger partial charge in [-0.2, -0.15) is 0 Å². The van der Waals surface area contributed by atoms with Crippen LogP contribution in [0, 0.1) is 0 Å². The lowest BCUT2D eigenvalue weighted by atomic mass is 10.1. The van der Waals surface area contributed by atoms with E-state index in [1.54, 1.807) is 0 Å². The fourth-order valence-electron chi connectivity index (χ4n) is 2.58. The molecule has 6 nitrogen and oxygen atoms in total. The number of hydrogen-bond donors (Lipinski definition) is 1. The van der Waals surface area contributed by atoms with Gasteiger partial charge in [-0.1, -0.05) is 18.2 Å². The summed E-state index contributed by atoms with van der Waals surface area (Å²) < 4.78 is 0. The van der Waals surface area contributed by atoms with E-state index in [0.29, 0.717) is 12.5 Å². The number of imide groups is 1. The van der Waals surface area contributed by atoms with Gasteiger partial charge in [0.05, 0.1) is 12.1 Å². The minimum Gasteiger partial charge on any atom is -0.349 e. The monoisotopic (exact) mass is 400 g/mol. The number of benzene rings is 1. The van der Waals surface area contributed by atoms with Crippen LogP contribution >= 0.6 is 24.0 Å². The van der Waals surface area contributed by atoms with Gasteiger partial charge >= 0.3 is 0 Å². The zero-order valence-corrected chi connectivity index (χ0v) is 14.2. The van der Waals surface area contributed by atoms with Crippen molar-refractivity contribution >= 4 is 47.4 Å². The van der Waals surface area contributed by atoms with Crippen LogP contribution in [0.15, 0.2) is 29.3 Å². The maximum Gasteiger partial charge on any atom is 0.249 e. The number of nitrogens with zero attached hydrogens (tertiary/aromatic N) is 3. The summed E-state index contributed by atoms with van der Waals surface area (Å²) in [4.78, 5) is 31.7. The molecule has 0 aromatic heterocycles. The van der Waals surface area contributed by atoms with Crippen LogP contribution in [0.25, 0.3) is 0 Å². The molecule has 0 aliphatic carbocycles. The fraction of sp³-hybridized carbons (Fsp3) is 0.357. The lowest BCUT2D eigenvalue weighted by Crippen LogP contribution is -2.50. The molecule has 0 radical (unpaired) electrons. The van der Waals surface area contributed by atoms with Crippen molar-refractivity contribution in [3.63, 3.8) is 0 Å². The van der Waals surface area contributed by atoms with E-state index in [0.717, 1.165) is 11.3 Å². The summed E-state index contributed by atoms with van der Waals surface area (Å²) >= 11 is 0. The highest BCUT2D eigenvalue weighted by Gasteiger charge is 2.38. The Labute approximate surface area is 140 Å². The van der Waals surface area contributed by atoms with Gasteiger partial charge in [0.25, 0.3) is 0 Å². The first-order valence-electron chi connectivity index (χ1n) is 6.50. The molecule has 1 saturated heterocycles. The molecular weight excluding hydrogens is 383 g/mol. The average Bonchev–Trinajstić information content (AvgIpc) is 2.76. The third kappa shape index (κ3) is 2.87. The largest absolute Gasteiger partial charge is 0.349 e. The van der Waals surface area contributed by atoms with Crippen LogP contribution in [0.1, 0.15) is 12.0 Å². The zero-order chi connectivity index (χ0) is 14.3. The van der Waals surface area contributed by atoms with E-state index in [-0.39, 0.29) is 42.2 Å². The first-order chi connectivity index (χ1) is 9.56. The van der Waals surface area contributed by atoms with Gasteiger partial charge in [-0.25, -0.2) is 4.99 Å². The highest BCUT2D eigenvalue weighted by Crippen LogP contribution is 2.29. The van der Waals surface area contributed by atoms with Crippen LogP contribution < -0.4 is 5.32 Å². The Morgan fingerprint density at radius 1 is 1.29 bits per heavy atom. The molecule has 21 heavy (non-hydrogen) atoms. The summed E-state index contributed by atoms with van der Waals surface area (Å²) in [6, 6.07) is 7.37. The van der Waals surface area contributed by atoms with E-state index in [4.69, 9.17) is 0 Å². The van der Waals surface area contributed by atoms with Gasteiger partial charge < -0.3 is 9.80 Å². The van der Waals surface area contributed by atoms with Gasteiger partial charge in [0.15, 0.2) is 0 Å². The fourth-order valence-corrected chi connectivity index (χ4v) is 2.58. The number of aliphatic imine (C=N–C) groups is 1. The highest BCUT2D eigenvalue weighted by atomic mass is 127. The van der Waals surface area contributed by atoms with Crippen molar-refractivity contribution in [1.82, 2.24) is 15.1 Å². The summed E-state index contributed by atoms with van der Waals surface area (Å²) in [5.41, 5.74) is 1.97. The number of nitrogens with one attached hydrogen (secondary N) is 1. The van der Waals surface area contributed by atoms with Crippen LogP contribution in [0.3, 0.4) is 0 Å². The maximum atomic E-state index is 11.9. The van der Waals surface area contributed by atoms with Crippen LogP contribution in [0.5, 0.6) is 0 Å². The highest BCUT2D eigenvalue weighted by molar-refractivity contribution is 14.0. The van der Waals surface area contributed by atoms with E-state index in [1.807, 2.05) is 48.2 Å². The third-order valence-electron chi connectivity index (χ3n) is 3.53. The smallest absolute Gasteiger partial charge is 0.249 e. The normalized spacial score (nSPS) is 20.4. The molecule has 3 rings (SSSR count). The van der Waals surface area contributed by atoms with Gasteiger partial charge in [-0.3, -0.25) is 14.9 Å². The molecule has 1 aromatic carbocycles. The number of carbonyl (C=O) groups is 2. The van der Waals surface area contributed by atoms with Crippen molar-refractivity contribution < 1.29 is 9.59 Å². The second-order valence-corrected chi connectivity index (χ2v) is 5.20. The number of fused-ring (bicyclic) bond motifs is 1. The topological polar surface area (TPSA) is 65.0 Å². The summed E-state index contributed by atoms with van der Waals surface area (Å²) in [5.74, 6) is 0.236. The number of guanidine groups is 1. The molecular formula is C14H17IN4O2. The van der Waals surface area contributed by atoms with E-state index >= 15 is 0 Å². The van der Waals surface area contributed by atoms with Crippen molar-refractivity contribution in [2.75, 3.05) is 14.1 Å². The SMILES string of the molecule is CN(C)C1=Nc2ccccc2CN1C1CC(=O)NC1=O.I. The number of para-hydroxylation sites is 1. The second kappa shape index (κ2) is 6.00. The Morgan fingerprint density at radius 3 is 2.62 bits per heavy atom. The van der Waals surface area contributed by atoms with E-state index in [2.05, 4.69) is 10.3 Å². The molecule has 0 spiro atoms. The Kier molecular flexibility index (Phi) is 4.50. The van der Waals surface area contributed by atoms with Crippen LogP contribution in [-0.2, 0) is 16.1 Å². The molecule has 112 valence electrons. The van der Waals surface area contributed by atoms with Gasteiger partial charge in [0.2, 0.25) is 17.8 Å². The molecule has 7 heteroatoms. The lowest BCUT2D eigenvalue weighted by molar-refractivity contribution is -0.125. The van der Waals surface area contributed by atoms with Crippen molar-refractivity contribution in [3.05, 3.63) is 29.8 Å². The molecule has 1 atom stereocenters. The quantitative estimate of drug-likeness (QED) is 0.566. The molecule has 2 aliphatic rings. The van der Waals surface area contributed by atoms with Gasteiger partial charge in [0, 0.05) is 20.6 Å². The number of rotatable bonds is 1. The van der Waals surface area contributed by atoms with Gasteiger partial charge in [0.1, 0.15) is 6.04 Å². The van der Waals surface area contributed by atoms with Gasteiger partial charge in [-0.15, -0.1) is 24.0 Å². The van der Waals surface area contributed by atoms with E-state index < -0.39 is 6.04 Å². The number of amides is 2. The van der Waals surface area contributed by atoms with Gasteiger partial charge in [-0.05, 0) is 11.6 Å². The Morgan fingerprint density at radius 2 is 2.00 bits per heavy atom. The Balaban J connectivity index is 0.00000161. The van der Waals surface area contributed by atoms with Crippen LogP contribution in [0.4, 0.5) is 5.69 Å². The Bertz CT molecular complexity index is 615. The van der Waals surface area contributed by atoms with Crippen molar-refractivity contribution in [3.8, 4) is 0 Å². The molecule has 1 fully saturated rings. The van der Waals surface area contributed by atoms with Crippen LogP contribution in [0.2, 0.25) is 0 Å². The van der Waals surface area contributed by atoms with E-state index in [9.17, 15) is 9.59 Å². The number of hydrogen-bond acceptors (Lipinski definition) is 5. The predicted octanol–water partition coefficient (Wildman–Crippen LogP) is 1.08. The van der Waals surface area contributed by atoms with Crippen molar-refractivity contribution in [2.24, 2.45) is 4.99 Å². The molecule has 2 aliphatic heterocycles. The lowest BCUT2D eigenvalue weighted by Gasteiger charge is -2.36. The molecule has 0 saturated carbocycles. The zero-order valence-electron chi connectivity index (χ0n) is 11.9. The summed E-state index contributed by atoms with van der Waals surface area (Å²) in [7, 11) is 3.77. The first kappa shape index (κ1) is 15.7. The average molecular weight is 400 g/mol. The molecule has 2 amide bonds. The Hall–Kier alpha value is -1.64. The number of halogens is 1. The molecule has 0 bridgehead atoms. The summed E-state index contributed by atoms with van der Waals surface area (Å²) in [6.07, 6.45) is 0.188. The second-order valence-electron chi connectivity index (χ2n) is 5.20.